The van der Waals surface area contributed by atoms with Gasteiger partial charge in [-0.1, -0.05) is 19.8 Å². The third-order valence-electron chi connectivity index (χ3n) is 3.21. The van der Waals surface area contributed by atoms with Gasteiger partial charge in [0.2, 0.25) is 5.91 Å². The topological polar surface area (TPSA) is 20.3 Å². The summed E-state index contributed by atoms with van der Waals surface area (Å²) >= 11 is 4.21. The Hall–Kier alpha value is -0.180. The number of amides is 1. The van der Waals surface area contributed by atoms with Crippen LogP contribution in [0.25, 0.3) is 0 Å². The fourth-order valence-corrected chi connectivity index (χ4v) is 2.51. The van der Waals surface area contributed by atoms with Gasteiger partial charge in [0.1, 0.15) is 0 Å². The molecular weight excluding hydrogens is 206 g/mol. The number of nitrogens with zero attached hydrogens (tertiary/aromatic N) is 1. The Bertz CT molecular complexity index is 206. The van der Waals surface area contributed by atoms with E-state index in [4.69, 9.17) is 0 Å². The standard InChI is InChI=1S/C12H23NOS/c1-3-5-11-6-4-8-13(9-7-11)12(14)10(2)15/h10-11,15H,3-9H2,1-2H3. The Balaban J connectivity index is 2.42. The molecule has 0 radical (unpaired) electrons. The van der Waals surface area contributed by atoms with Crippen LogP contribution in [-0.2, 0) is 4.79 Å². The van der Waals surface area contributed by atoms with Crippen LogP contribution in [-0.4, -0.2) is 29.1 Å². The monoisotopic (exact) mass is 229 g/mol. The summed E-state index contributed by atoms with van der Waals surface area (Å²) in [4.78, 5) is 13.8. The fourth-order valence-electron chi connectivity index (χ4n) is 2.35. The quantitative estimate of drug-likeness (QED) is 0.738. The molecule has 1 amide bonds. The molecule has 0 N–H and O–H groups in total. The smallest absolute Gasteiger partial charge is 0.235 e. The molecule has 88 valence electrons. The van der Waals surface area contributed by atoms with Crippen molar-refractivity contribution in [2.45, 2.75) is 51.2 Å². The number of rotatable bonds is 3. The summed E-state index contributed by atoms with van der Waals surface area (Å²) in [5.41, 5.74) is 0. The van der Waals surface area contributed by atoms with Crippen molar-refractivity contribution in [3.05, 3.63) is 0 Å². The summed E-state index contributed by atoms with van der Waals surface area (Å²) in [7, 11) is 0. The maximum atomic E-state index is 11.8. The average Bonchev–Trinajstić information content (AvgIpc) is 2.43. The van der Waals surface area contributed by atoms with Crippen LogP contribution in [0.4, 0.5) is 0 Å². The molecule has 1 aliphatic rings. The minimum Gasteiger partial charge on any atom is -0.342 e. The lowest BCUT2D eigenvalue weighted by molar-refractivity contribution is -0.130. The van der Waals surface area contributed by atoms with E-state index in [1.54, 1.807) is 0 Å². The molecule has 3 heteroatoms. The zero-order chi connectivity index (χ0) is 11.3. The first kappa shape index (κ1) is 12.9. The number of carbonyl (C=O) groups is 1. The molecular formula is C12H23NOS. The molecule has 0 saturated carbocycles. The lowest BCUT2D eigenvalue weighted by atomic mass is 9.96. The Morgan fingerprint density at radius 2 is 2.20 bits per heavy atom. The summed E-state index contributed by atoms with van der Waals surface area (Å²) < 4.78 is 0. The predicted molar refractivity (Wildman–Crippen MR) is 67.3 cm³/mol. The number of carbonyl (C=O) groups excluding carboxylic acids is 1. The van der Waals surface area contributed by atoms with Gasteiger partial charge < -0.3 is 4.90 Å². The third-order valence-corrected chi connectivity index (χ3v) is 3.43. The molecule has 0 aromatic heterocycles. The largest absolute Gasteiger partial charge is 0.342 e. The van der Waals surface area contributed by atoms with Crippen molar-refractivity contribution >= 4 is 18.5 Å². The summed E-state index contributed by atoms with van der Waals surface area (Å²) in [6.45, 7) is 5.97. The molecule has 15 heavy (non-hydrogen) atoms. The van der Waals surface area contributed by atoms with Crippen molar-refractivity contribution < 1.29 is 4.79 Å². The van der Waals surface area contributed by atoms with E-state index < -0.39 is 0 Å². The van der Waals surface area contributed by atoms with Crippen molar-refractivity contribution in [2.75, 3.05) is 13.1 Å². The highest BCUT2D eigenvalue weighted by atomic mass is 32.1. The van der Waals surface area contributed by atoms with Crippen LogP contribution < -0.4 is 0 Å². The zero-order valence-corrected chi connectivity index (χ0v) is 10.8. The highest BCUT2D eigenvalue weighted by Gasteiger charge is 2.21. The fraction of sp³-hybridized carbons (Fsp3) is 0.917. The molecule has 1 saturated heterocycles. The van der Waals surface area contributed by atoms with Gasteiger partial charge in [-0.2, -0.15) is 12.6 Å². The van der Waals surface area contributed by atoms with Crippen LogP contribution in [0.15, 0.2) is 0 Å². The van der Waals surface area contributed by atoms with Crippen LogP contribution in [0, 0.1) is 5.92 Å². The predicted octanol–water partition coefficient (Wildman–Crippen LogP) is 2.73. The maximum absolute atomic E-state index is 11.8. The van der Waals surface area contributed by atoms with Gasteiger partial charge in [-0.25, -0.2) is 0 Å². The van der Waals surface area contributed by atoms with E-state index in [0.717, 1.165) is 25.4 Å². The summed E-state index contributed by atoms with van der Waals surface area (Å²) in [6, 6.07) is 0. The Labute approximate surface area is 98.8 Å². The van der Waals surface area contributed by atoms with E-state index in [2.05, 4.69) is 19.6 Å². The number of likely N-dealkylation sites (tertiary alicyclic amines) is 1. The molecule has 2 unspecified atom stereocenters. The number of hydrogen-bond donors (Lipinski definition) is 1. The lowest BCUT2D eigenvalue weighted by Gasteiger charge is -2.22. The highest BCUT2D eigenvalue weighted by Crippen LogP contribution is 2.22. The molecule has 0 spiro atoms. The first-order valence-corrected chi connectivity index (χ1v) is 6.63. The molecule has 2 atom stereocenters. The van der Waals surface area contributed by atoms with Crippen molar-refractivity contribution in [1.29, 1.82) is 0 Å². The normalized spacial score (nSPS) is 24.7. The minimum absolute atomic E-state index is 0.146. The van der Waals surface area contributed by atoms with Crippen LogP contribution in [0.2, 0.25) is 0 Å². The molecule has 0 aromatic carbocycles. The van der Waals surface area contributed by atoms with Crippen molar-refractivity contribution in [1.82, 2.24) is 4.90 Å². The third kappa shape index (κ3) is 4.06. The van der Waals surface area contributed by atoms with E-state index in [0.29, 0.717) is 0 Å². The average molecular weight is 229 g/mol. The van der Waals surface area contributed by atoms with Crippen molar-refractivity contribution in [3.8, 4) is 0 Å². The Morgan fingerprint density at radius 3 is 2.80 bits per heavy atom. The second-order valence-corrected chi connectivity index (χ2v) is 5.36. The Kier molecular flexibility index (Phi) is 5.51. The Morgan fingerprint density at radius 1 is 1.47 bits per heavy atom. The van der Waals surface area contributed by atoms with Crippen LogP contribution in [0.3, 0.4) is 0 Å². The van der Waals surface area contributed by atoms with Gasteiger partial charge in [0.15, 0.2) is 0 Å². The molecule has 0 bridgehead atoms. The van der Waals surface area contributed by atoms with E-state index in [9.17, 15) is 4.79 Å². The summed E-state index contributed by atoms with van der Waals surface area (Å²) in [5, 5.41) is -0.146. The second kappa shape index (κ2) is 6.41. The zero-order valence-electron chi connectivity index (χ0n) is 9.91. The minimum atomic E-state index is -0.146. The van der Waals surface area contributed by atoms with Crippen LogP contribution in [0.1, 0.15) is 46.0 Å². The lowest BCUT2D eigenvalue weighted by Crippen LogP contribution is -2.36. The van der Waals surface area contributed by atoms with E-state index in [-0.39, 0.29) is 11.2 Å². The van der Waals surface area contributed by atoms with E-state index >= 15 is 0 Å². The molecule has 1 fully saturated rings. The number of hydrogen-bond acceptors (Lipinski definition) is 2. The summed E-state index contributed by atoms with van der Waals surface area (Å²) in [6.07, 6.45) is 6.22. The van der Waals surface area contributed by atoms with E-state index in [1.165, 1.54) is 25.7 Å². The molecule has 1 aliphatic heterocycles. The van der Waals surface area contributed by atoms with Gasteiger partial charge in [-0.05, 0) is 32.1 Å². The first-order valence-electron chi connectivity index (χ1n) is 6.12. The number of thiol groups is 1. The van der Waals surface area contributed by atoms with Gasteiger partial charge in [0.25, 0.3) is 0 Å². The van der Waals surface area contributed by atoms with E-state index in [1.807, 2.05) is 11.8 Å². The molecule has 2 nitrogen and oxygen atoms in total. The summed E-state index contributed by atoms with van der Waals surface area (Å²) in [5.74, 6) is 1.04. The molecule has 1 heterocycles. The van der Waals surface area contributed by atoms with Crippen LogP contribution in [0.5, 0.6) is 0 Å². The SMILES string of the molecule is CCCC1CCCN(C(=O)C(C)S)CC1. The van der Waals surface area contributed by atoms with Gasteiger partial charge in [-0.3, -0.25) is 4.79 Å². The van der Waals surface area contributed by atoms with Crippen LogP contribution >= 0.6 is 12.6 Å². The molecule has 1 rings (SSSR count). The van der Waals surface area contributed by atoms with Gasteiger partial charge in [0, 0.05) is 13.1 Å². The van der Waals surface area contributed by atoms with Crippen molar-refractivity contribution in [2.24, 2.45) is 5.92 Å². The molecule has 0 aliphatic carbocycles. The highest BCUT2D eigenvalue weighted by molar-refractivity contribution is 7.81. The first-order chi connectivity index (χ1) is 7.15. The van der Waals surface area contributed by atoms with Crippen molar-refractivity contribution in [3.63, 3.8) is 0 Å². The molecule has 0 aromatic rings. The maximum Gasteiger partial charge on any atom is 0.235 e. The van der Waals surface area contributed by atoms with Gasteiger partial charge >= 0.3 is 0 Å². The second-order valence-electron chi connectivity index (χ2n) is 4.59. The van der Waals surface area contributed by atoms with Gasteiger partial charge in [-0.15, -0.1) is 0 Å². The van der Waals surface area contributed by atoms with Gasteiger partial charge in [0.05, 0.1) is 5.25 Å².